The van der Waals surface area contributed by atoms with Gasteiger partial charge in [0.25, 0.3) is 0 Å². The van der Waals surface area contributed by atoms with Gasteiger partial charge in [0, 0.05) is 6.07 Å². The Morgan fingerprint density at radius 1 is 1.21 bits per heavy atom. The number of hydrogen-bond acceptors (Lipinski definition) is 6. The monoisotopic (exact) mass is 443 g/mol. The molecule has 1 atom stereocenters. The van der Waals surface area contributed by atoms with E-state index in [2.05, 4.69) is 9.97 Å². The van der Waals surface area contributed by atoms with E-state index in [0.717, 1.165) is 40.3 Å². The van der Waals surface area contributed by atoms with E-state index in [1.807, 2.05) is 0 Å². The van der Waals surface area contributed by atoms with E-state index >= 15 is 0 Å². The van der Waals surface area contributed by atoms with Crippen molar-refractivity contribution in [2.45, 2.75) is 23.1 Å². The smallest absolute Gasteiger partial charge is 0.305 e. The lowest BCUT2D eigenvalue weighted by Gasteiger charge is -2.31. The summed E-state index contributed by atoms with van der Waals surface area (Å²) in [5.41, 5.74) is -0.504. The number of carbonyl (C=O) groups is 2. The summed E-state index contributed by atoms with van der Waals surface area (Å²) < 4.78 is 54.7. The van der Waals surface area contributed by atoms with Gasteiger partial charge in [-0.05, 0) is 6.07 Å². The molecule has 150 valence electrons. The van der Waals surface area contributed by atoms with E-state index in [-0.39, 0.29) is 27.0 Å². The molecule has 12 heteroatoms. The fourth-order valence-electron chi connectivity index (χ4n) is 2.86. The van der Waals surface area contributed by atoms with Crippen molar-refractivity contribution in [3.63, 3.8) is 0 Å². The van der Waals surface area contributed by atoms with Crippen molar-refractivity contribution in [3.8, 4) is 0 Å². The van der Waals surface area contributed by atoms with Crippen LogP contribution in [0, 0.1) is 23.3 Å². The first-order valence-corrected chi connectivity index (χ1v) is 9.72. The third kappa shape index (κ3) is 3.53. The lowest BCUT2D eigenvalue weighted by molar-refractivity contribution is -0.138. The fraction of sp³-hybridized carbons (Fsp3) is 0.176. The Labute approximate surface area is 168 Å². The number of carbonyl (C=O) groups excluding carboxylic acids is 1. The Kier molecular flexibility index (Phi) is 4.90. The van der Waals surface area contributed by atoms with Gasteiger partial charge < -0.3 is 5.11 Å². The van der Waals surface area contributed by atoms with Gasteiger partial charge in [-0.2, -0.15) is 0 Å². The van der Waals surface area contributed by atoms with Crippen molar-refractivity contribution in [1.82, 2.24) is 9.97 Å². The zero-order valence-corrected chi connectivity index (χ0v) is 15.8. The van der Waals surface area contributed by atoms with Crippen LogP contribution in [-0.2, 0) is 16.1 Å². The van der Waals surface area contributed by atoms with E-state index in [1.54, 1.807) is 0 Å². The molecule has 6 nitrogen and oxygen atoms in total. The number of hydrogen-bond donors (Lipinski definition) is 1. The summed E-state index contributed by atoms with van der Waals surface area (Å²) in [7, 11) is 0. The molecule has 1 aliphatic heterocycles. The highest BCUT2D eigenvalue weighted by Crippen LogP contribution is 2.40. The predicted molar refractivity (Wildman–Crippen MR) is 96.8 cm³/mol. The number of nitrogens with zero attached hydrogens (tertiary/aromatic N) is 3. The number of aromatic nitrogens is 2. The number of amides is 1. The fourth-order valence-corrected chi connectivity index (χ4v) is 5.02. The molecule has 0 radical (unpaired) electrons. The highest BCUT2D eigenvalue weighted by Gasteiger charge is 2.37. The Hall–Kier alpha value is -2.73. The van der Waals surface area contributed by atoms with Crippen molar-refractivity contribution in [3.05, 3.63) is 46.6 Å². The number of thioether (sulfide) groups is 1. The lowest BCUT2D eigenvalue weighted by Crippen LogP contribution is -2.42. The first-order chi connectivity index (χ1) is 13.7. The second-order valence-electron chi connectivity index (χ2n) is 6.04. The van der Waals surface area contributed by atoms with E-state index in [1.165, 1.54) is 0 Å². The van der Waals surface area contributed by atoms with Gasteiger partial charge in [-0.15, -0.1) is 23.1 Å². The summed E-state index contributed by atoms with van der Waals surface area (Å²) in [5, 5.41) is 8.08. The van der Waals surface area contributed by atoms with Crippen molar-refractivity contribution in [2.75, 3.05) is 4.90 Å². The summed E-state index contributed by atoms with van der Waals surface area (Å²) >= 11 is 1.60. The van der Waals surface area contributed by atoms with Gasteiger partial charge in [-0.25, -0.2) is 27.5 Å². The number of pyridine rings is 1. The Balaban J connectivity index is 1.76. The number of benzene rings is 1. The number of anilines is 1. The molecule has 1 N–H and O–H groups in total. The molecule has 1 amide bonds. The quantitative estimate of drug-likeness (QED) is 0.489. The molecule has 3 aromatic rings. The van der Waals surface area contributed by atoms with Crippen LogP contribution >= 0.6 is 23.1 Å². The van der Waals surface area contributed by atoms with Crippen LogP contribution in [0.2, 0.25) is 0 Å². The molecule has 29 heavy (non-hydrogen) atoms. The van der Waals surface area contributed by atoms with Gasteiger partial charge in [0.05, 0.1) is 34.0 Å². The van der Waals surface area contributed by atoms with Crippen LogP contribution in [0.25, 0.3) is 10.2 Å². The van der Waals surface area contributed by atoms with Gasteiger partial charge in [0.2, 0.25) is 5.91 Å². The van der Waals surface area contributed by atoms with Crippen molar-refractivity contribution < 1.29 is 32.3 Å². The first-order valence-electron chi connectivity index (χ1n) is 8.03. The SMILES string of the molecule is O=C(O)CC1Sc2cc(F)cnc2N(Cc2nc3c(F)c(F)cc(F)c3s2)C1=O. The summed E-state index contributed by atoms with van der Waals surface area (Å²) in [5.74, 6) is -6.12. The minimum Gasteiger partial charge on any atom is -0.481 e. The number of carboxylic acid groups (broad SMARTS) is 1. The normalized spacial score (nSPS) is 16.3. The zero-order valence-electron chi connectivity index (χ0n) is 14.2. The summed E-state index contributed by atoms with van der Waals surface area (Å²) in [6.07, 6.45) is 0.383. The topological polar surface area (TPSA) is 83.4 Å². The summed E-state index contributed by atoms with van der Waals surface area (Å²) in [4.78, 5) is 33.0. The molecule has 1 unspecified atom stereocenters. The van der Waals surface area contributed by atoms with E-state index in [0.29, 0.717) is 6.07 Å². The Morgan fingerprint density at radius 2 is 1.97 bits per heavy atom. The standard InChI is InChI=1S/C17H9F4N3O3S2/c18-6-1-9-16(22-4-6)24(17(27)10(28-9)3-12(25)26)5-11-23-14-13(21)7(19)2-8(20)15(14)29-11/h1-2,4,10H,3,5H2,(H,25,26). The van der Waals surface area contributed by atoms with Gasteiger partial charge in [0.1, 0.15) is 28.0 Å². The molecular formula is C17H9F4N3O3S2. The molecule has 0 saturated heterocycles. The van der Waals surface area contributed by atoms with Crippen LogP contribution in [-0.4, -0.2) is 32.2 Å². The molecule has 2 aromatic heterocycles. The molecule has 0 aliphatic carbocycles. The third-order valence-corrected chi connectivity index (χ3v) is 6.33. The van der Waals surface area contributed by atoms with E-state index in [9.17, 15) is 27.2 Å². The number of fused-ring (bicyclic) bond motifs is 2. The Morgan fingerprint density at radius 3 is 2.69 bits per heavy atom. The first kappa shape index (κ1) is 19.6. The molecule has 0 bridgehead atoms. The number of halogens is 4. The van der Waals surface area contributed by atoms with Crippen LogP contribution in [0.5, 0.6) is 0 Å². The molecular weight excluding hydrogens is 434 g/mol. The minimum atomic E-state index is -1.39. The highest BCUT2D eigenvalue weighted by atomic mass is 32.2. The highest BCUT2D eigenvalue weighted by molar-refractivity contribution is 8.01. The number of thiazole rings is 1. The molecule has 3 heterocycles. The Bertz CT molecular complexity index is 1170. The van der Waals surface area contributed by atoms with Crippen LogP contribution in [0.4, 0.5) is 23.4 Å². The average Bonchev–Trinajstić information content (AvgIpc) is 3.07. The van der Waals surface area contributed by atoms with E-state index in [4.69, 9.17) is 5.11 Å². The minimum absolute atomic E-state index is 0.0782. The van der Waals surface area contributed by atoms with E-state index < -0.39 is 52.3 Å². The summed E-state index contributed by atoms with van der Waals surface area (Å²) in [6, 6.07) is 1.53. The van der Waals surface area contributed by atoms with Gasteiger partial charge in [-0.3, -0.25) is 14.5 Å². The van der Waals surface area contributed by atoms with Gasteiger partial charge in [-0.1, -0.05) is 0 Å². The van der Waals surface area contributed by atoms with Crippen LogP contribution in [0.3, 0.4) is 0 Å². The molecule has 4 rings (SSSR count). The lowest BCUT2D eigenvalue weighted by atomic mass is 10.2. The van der Waals surface area contributed by atoms with Crippen LogP contribution in [0.15, 0.2) is 23.2 Å². The maximum absolute atomic E-state index is 13.9. The number of carboxylic acids is 1. The second-order valence-corrected chi connectivity index (χ2v) is 8.37. The molecule has 1 aromatic carbocycles. The molecule has 0 fully saturated rings. The van der Waals surface area contributed by atoms with Crippen molar-refractivity contribution >= 4 is 51.0 Å². The number of rotatable bonds is 4. The molecule has 0 spiro atoms. The van der Waals surface area contributed by atoms with Crippen molar-refractivity contribution in [1.29, 1.82) is 0 Å². The van der Waals surface area contributed by atoms with Gasteiger partial charge in [0.15, 0.2) is 11.6 Å². The zero-order chi connectivity index (χ0) is 20.9. The molecule has 0 saturated carbocycles. The maximum Gasteiger partial charge on any atom is 0.305 e. The van der Waals surface area contributed by atoms with Crippen LogP contribution < -0.4 is 4.90 Å². The second kappa shape index (κ2) is 7.26. The van der Waals surface area contributed by atoms with Gasteiger partial charge >= 0.3 is 5.97 Å². The average molecular weight is 443 g/mol. The third-order valence-electron chi connectivity index (χ3n) is 4.08. The van der Waals surface area contributed by atoms with Crippen molar-refractivity contribution in [2.24, 2.45) is 0 Å². The molecule has 1 aliphatic rings. The maximum atomic E-state index is 13.9. The summed E-state index contributed by atoms with van der Waals surface area (Å²) in [6.45, 7) is -0.291. The number of aliphatic carboxylic acids is 1. The van der Waals surface area contributed by atoms with Crippen LogP contribution in [0.1, 0.15) is 11.4 Å². The predicted octanol–water partition coefficient (Wildman–Crippen LogP) is 3.73. The largest absolute Gasteiger partial charge is 0.481 e.